The van der Waals surface area contributed by atoms with Crippen molar-refractivity contribution in [2.45, 2.75) is 12.5 Å². The van der Waals surface area contributed by atoms with E-state index in [-0.39, 0.29) is 18.6 Å². The Hall–Kier alpha value is -0.650. The molecule has 52 valence electrons. The monoisotopic (exact) mass is 132 g/mol. The van der Waals surface area contributed by atoms with E-state index in [1.807, 2.05) is 0 Å². The summed E-state index contributed by atoms with van der Waals surface area (Å²) in [4.78, 5) is 19.4. The number of amides is 1. The van der Waals surface area contributed by atoms with Crippen molar-refractivity contribution in [1.82, 2.24) is 5.48 Å². The van der Waals surface area contributed by atoms with E-state index in [2.05, 4.69) is 10.3 Å². The van der Waals surface area contributed by atoms with Crippen molar-refractivity contribution in [2.24, 2.45) is 5.90 Å². The third-order valence-corrected chi connectivity index (χ3v) is 1.03. The number of rotatable bonds is 2. The number of carbonyl (C=O) groups is 1. The molecular formula is C4H8N2O3. The predicted molar refractivity (Wildman–Crippen MR) is 27.8 cm³/mol. The van der Waals surface area contributed by atoms with E-state index >= 15 is 0 Å². The zero-order valence-electron chi connectivity index (χ0n) is 4.79. The molecule has 0 spiro atoms. The van der Waals surface area contributed by atoms with Gasteiger partial charge in [-0.25, -0.2) is 11.4 Å². The van der Waals surface area contributed by atoms with Crippen LogP contribution in [-0.2, 0) is 14.5 Å². The third kappa shape index (κ3) is 1.63. The first-order valence-electron chi connectivity index (χ1n) is 2.59. The summed E-state index contributed by atoms with van der Waals surface area (Å²) in [6.45, 7) is 0.249. The Balaban J connectivity index is 2.22. The highest BCUT2D eigenvalue weighted by atomic mass is 16.7. The summed E-state index contributed by atoms with van der Waals surface area (Å²) >= 11 is 0. The van der Waals surface area contributed by atoms with E-state index in [0.29, 0.717) is 6.42 Å². The minimum absolute atomic E-state index is 0.128. The summed E-state index contributed by atoms with van der Waals surface area (Å²) in [7, 11) is 0. The standard InChI is InChI=1S/C4H8N2O3/c5-8-2-3-1-4(7)6-9-3/h3H,1-2,5H2,(H,6,7). The van der Waals surface area contributed by atoms with Gasteiger partial charge in [0.25, 0.3) is 0 Å². The van der Waals surface area contributed by atoms with Gasteiger partial charge in [0.15, 0.2) is 0 Å². The molecule has 0 aliphatic carbocycles. The highest BCUT2D eigenvalue weighted by molar-refractivity contribution is 5.76. The maximum atomic E-state index is 10.4. The van der Waals surface area contributed by atoms with Crippen molar-refractivity contribution in [2.75, 3.05) is 6.61 Å². The third-order valence-electron chi connectivity index (χ3n) is 1.03. The molecule has 1 heterocycles. The lowest BCUT2D eigenvalue weighted by molar-refractivity contribution is -0.124. The van der Waals surface area contributed by atoms with Gasteiger partial charge in [-0.2, -0.15) is 0 Å². The Kier molecular flexibility index (Phi) is 1.99. The van der Waals surface area contributed by atoms with Crippen LogP contribution in [0.2, 0.25) is 0 Å². The van der Waals surface area contributed by atoms with Gasteiger partial charge in [-0.3, -0.25) is 9.63 Å². The van der Waals surface area contributed by atoms with E-state index < -0.39 is 0 Å². The maximum Gasteiger partial charge on any atom is 0.246 e. The second kappa shape index (κ2) is 2.77. The van der Waals surface area contributed by atoms with Crippen LogP contribution >= 0.6 is 0 Å². The summed E-state index contributed by atoms with van der Waals surface area (Å²) in [6.07, 6.45) is 0.111. The van der Waals surface area contributed by atoms with Gasteiger partial charge < -0.3 is 4.84 Å². The van der Waals surface area contributed by atoms with E-state index in [9.17, 15) is 4.79 Å². The highest BCUT2D eigenvalue weighted by Gasteiger charge is 2.22. The molecule has 1 atom stereocenters. The molecule has 1 aliphatic rings. The molecule has 0 aromatic heterocycles. The van der Waals surface area contributed by atoms with E-state index in [1.165, 1.54) is 0 Å². The molecule has 5 nitrogen and oxygen atoms in total. The van der Waals surface area contributed by atoms with Gasteiger partial charge in [0.05, 0.1) is 13.0 Å². The zero-order valence-corrected chi connectivity index (χ0v) is 4.79. The van der Waals surface area contributed by atoms with E-state index in [1.54, 1.807) is 0 Å². The van der Waals surface area contributed by atoms with Crippen molar-refractivity contribution in [3.63, 3.8) is 0 Å². The molecule has 1 unspecified atom stereocenters. The number of hydrogen-bond donors (Lipinski definition) is 2. The van der Waals surface area contributed by atoms with Crippen molar-refractivity contribution < 1.29 is 14.5 Å². The Bertz CT molecular complexity index is 116. The fourth-order valence-electron chi connectivity index (χ4n) is 0.639. The van der Waals surface area contributed by atoms with Crippen molar-refractivity contribution >= 4 is 5.91 Å². The summed E-state index contributed by atoms with van der Waals surface area (Å²) in [5, 5.41) is 0. The molecule has 9 heavy (non-hydrogen) atoms. The molecule has 3 N–H and O–H groups in total. The van der Waals surface area contributed by atoms with E-state index in [0.717, 1.165) is 0 Å². The van der Waals surface area contributed by atoms with Crippen LogP contribution in [0.4, 0.5) is 0 Å². The first kappa shape index (κ1) is 6.47. The number of nitrogens with two attached hydrogens (primary N) is 1. The molecule has 1 amide bonds. The van der Waals surface area contributed by atoms with Gasteiger partial charge in [0, 0.05) is 0 Å². The average Bonchev–Trinajstić information content (AvgIpc) is 2.17. The van der Waals surface area contributed by atoms with Crippen molar-refractivity contribution in [1.29, 1.82) is 0 Å². The van der Waals surface area contributed by atoms with Gasteiger partial charge in [-0.05, 0) is 0 Å². The smallest absolute Gasteiger partial charge is 0.246 e. The number of nitrogens with one attached hydrogen (secondary N) is 1. The van der Waals surface area contributed by atoms with Crippen LogP contribution in [-0.4, -0.2) is 18.6 Å². The number of hydroxylamine groups is 1. The molecule has 1 saturated heterocycles. The number of carbonyl (C=O) groups excluding carboxylic acids is 1. The van der Waals surface area contributed by atoms with Crippen LogP contribution in [0.15, 0.2) is 0 Å². The van der Waals surface area contributed by atoms with Crippen LogP contribution in [0, 0.1) is 0 Å². The van der Waals surface area contributed by atoms with Gasteiger partial charge in [0.2, 0.25) is 5.91 Å². The Morgan fingerprint density at radius 3 is 3.22 bits per heavy atom. The molecule has 0 saturated carbocycles. The Labute approximate surface area is 52.0 Å². The molecule has 1 fully saturated rings. The quantitative estimate of drug-likeness (QED) is 0.458. The lowest BCUT2D eigenvalue weighted by Crippen LogP contribution is -2.18. The van der Waals surface area contributed by atoms with Crippen LogP contribution < -0.4 is 11.4 Å². The predicted octanol–water partition coefficient (Wildman–Crippen LogP) is -1.30. The minimum Gasteiger partial charge on any atom is -0.302 e. The summed E-state index contributed by atoms with van der Waals surface area (Å²) in [5.41, 5.74) is 2.18. The Morgan fingerprint density at radius 1 is 2.00 bits per heavy atom. The van der Waals surface area contributed by atoms with Gasteiger partial charge >= 0.3 is 0 Å². The zero-order chi connectivity index (χ0) is 6.69. The molecule has 0 bridgehead atoms. The maximum absolute atomic E-state index is 10.4. The molecule has 0 aromatic rings. The molecule has 0 radical (unpaired) electrons. The average molecular weight is 132 g/mol. The van der Waals surface area contributed by atoms with Crippen molar-refractivity contribution in [3.05, 3.63) is 0 Å². The second-order valence-electron chi connectivity index (χ2n) is 1.80. The summed E-state index contributed by atoms with van der Waals surface area (Å²) < 4.78 is 0. The van der Waals surface area contributed by atoms with Crippen LogP contribution in [0.5, 0.6) is 0 Å². The normalized spacial score (nSPS) is 26.3. The number of hydrogen-bond acceptors (Lipinski definition) is 4. The Morgan fingerprint density at radius 2 is 2.78 bits per heavy atom. The largest absolute Gasteiger partial charge is 0.302 e. The first-order valence-corrected chi connectivity index (χ1v) is 2.59. The molecule has 1 rings (SSSR count). The van der Waals surface area contributed by atoms with Crippen LogP contribution in [0.1, 0.15) is 6.42 Å². The topological polar surface area (TPSA) is 73.6 Å². The molecule has 5 heteroatoms. The lowest BCUT2D eigenvalue weighted by Gasteiger charge is -2.01. The van der Waals surface area contributed by atoms with Gasteiger partial charge in [-0.1, -0.05) is 0 Å². The lowest BCUT2D eigenvalue weighted by atomic mass is 10.3. The van der Waals surface area contributed by atoms with Gasteiger partial charge in [0.1, 0.15) is 6.10 Å². The minimum atomic E-state index is -0.220. The van der Waals surface area contributed by atoms with Gasteiger partial charge in [-0.15, -0.1) is 0 Å². The SMILES string of the molecule is NOCC1CC(=O)NO1. The molecule has 1 aliphatic heterocycles. The fraction of sp³-hybridized carbons (Fsp3) is 0.750. The second-order valence-corrected chi connectivity index (χ2v) is 1.80. The fourth-order valence-corrected chi connectivity index (χ4v) is 0.639. The summed E-state index contributed by atoms with van der Waals surface area (Å²) in [6, 6.07) is 0. The molecular weight excluding hydrogens is 124 g/mol. The molecule has 0 aromatic carbocycles. The summed E-state index contributed by atoms with van der Waals surface area (Å²) in [5.74, 6) is 4.61. The van der Waals surface area contributed by atoms with Crippen molar-refractivity contribution in [3.8, 4) is 0 Å². The van der Waals surface area contributed by atoms with Crippen LogP contribution in [0.3, 0.4) is 0 Å². The highest BCUT2D eigenvalue weighted by Crippen LogP contribution is 2.02. The van der Waals surface area contributed by atoms with E-state index in [4.69, 9.17) is 10.7 Å². The van der Waals surface area contributed by atoms with Crippen LogP contribution in [0.25, 0.3) is 0 Å². The first-order chi connectivity index (χ1) is 4.33.